The summed E-state index contributed by atoms with van der Waals surface area (Å²) in [6, 6.07) is -2.50. The van der Waals surface area contributed by atoms with E-state index in [2.05, 4.69) is 0 Å². The molecule has 0 rings (SSSR count). The molecule has 2 atom stereocenters. The van der Waals surface area contributed by atoms with Gasteiger partial charge in [-0.15, -0.1) is 0 Å². The first-order valence-electron chi connectivity index (χ1n) is 6.00. The number of carbonyl (C=O) groups excluding carboxylic acids is 2. The monoisotopic (exact) mass is 313 g/mol. The summed E-state index contributed by atoms with van der Waals surface area (Å²) in [7, 11) is 1.45. The number of rotatable bonds is 5. The molecule has 10 heteroatoms. The van der Waals surface area contributed by atoms with E-state index in [0.717, 1.165) is 0 Å². The molecule has 0 saturated heterocycles. The summed E-state index contributed by atoms with van der Waals surface area (Å²) in [4.78, 5) is 35.1. The lowest BCUT2D eigenvalue weighted by Gasteiger charge is -2.29. The molecule has 0 aromatic heterocycles. The first-order valence-corrected chi connectivity index (χ1v) is 6.00. The van der Waals surface area contributed by atoms with Crippen molar-refractivity contribution in [3.8, 4) is 0 Å². The van der Waals surface area contributed by atoms with E-state index in [1.807, 2.05) is 5.32 Å². The predicted octanol–water partition coefficient (Wildman–Crippen LogP) is 0.558. The number of alkyl halides is 3. The lowest BCUT2D eigenvalue weighted by molar-refractivity contribution is -0.203. The summed E-state index contributed by atoms with van der Waals surface area (Å²) >= 11 is 0. The number of nitrogens with zero attached hydrogens (tertiary/aromatic N) is 1. The van der Waals surface area contributed by atoms with Gasteiger partial charge in [0.25, 0.3) is 0 Å². The van der Waals surface area contributed by atoms with Crippen LogP contribution in [0.4, 0.5) is 18.0 Å². The smallest absolute Gasteiger partial charge is 0.422 e. The first-order chi connectivity index (χ1) is 9.36. The normalized spacial score (nSPS) is 15.6. The summed E-state index contributed by atoms with van der Waals surface area (Å²) in [6.07, 6.45) is -5.19. The lowest BCUT2D eigenvalue weighted by atomic mass is 10.0. The van der Waals surface area contributed by atoms with Gasteiger partial charge in [-0.2, -0.15) is 13.2 Å². The molecule has 122 valence electrons. The highest BCUT2D eigenvalue weighted by atomic mass is 19.4. The maximum atomic E-state index is 12.7. The molecular formula is C11H18F3N3O4. The van der Waals surface area contributed by atoms with E-state index in [1.165, 1.54) is 24.2 Å². The highest BCUT2D eigenvalue weighted by Gasteiger charge is 2.58. The number of aliphatic carboxylic acids is 1. The third-order valence-corrected chi connectivity index (χ3v) is 2.93. The minimum absolute atomic E-state index is 0.319. The molecule has 3 amide bonds. The number of carboxylic acids is 1. The van der Waals surface area contributed by atoms with Crippen molar-refractivity contribution >= 4 is 17.9 Å². The Morgan fingerprint density at radius 2 is 1.76 bits per heavy atom. The number of amides is 3. The Morgan fingerprint density at radius 1 is 1.29 bits per heavy atom. The van der Waals surface area contributed by atoms with E-state index < -0.39 is 35.7 Å². The van der Waals surface area contributed by atoms with Crippen molar-refractivity contribution < 1.29 is 32.7 Å². The van der Waals surface area contributed by atoms with Crippen LogP contribution in [0.25, 0.3) is 0 Å². The van der Waals surface area contributed by atoms with E-state index in [-0.39, 0.29) is 0 Å². The first kappa shape index (κ1) is 19.0. The fourth-order valence-corrected chi connectivity index (χ4v) is 1.25. The van der Waals surface area contributed by atoms with Crippen LogP contribution in [-0.4, -0.2) is 59.3 Å². The van der Waals surface area contributed by atoms with Gasteiger partial charge < -0.3 is 20.6 Å². The quantitative estimate of drug-likeness (QED) is 0.690. The van der Waals surface area contributed by atoms with Gasteiger partial charge in [0.05, 0.1) is 0 Å². The number of likely N-dealkylation sites (N-methyl/N-ethyl adjacent to an activating group) is 1. The fourth-order valence-electron chi connectivity index (χ4n) is 1.25. The van der Waals surface area contributed by atoms with E-state index in [4.69, 9.17) is 5.11 Å². The van der Waals surface area contributed by atoms with Crippen molar-refractivity contribution in [3.63, 3.8) is 0 Å². The Balaban J connectivity index is 4.90. The number of nitrogens with one attached hydrogen (secondary N) is 2. The molecule has 0 radical (unpaired) electrons. The van der Waals surface area contributed by atoms with Crippen LogP contribution in [0.5, 0.6) is 0 Å². The Morgan fingerprint density at radius 3 is 2.10 bits per heavy atom. The number of carbonyl (C=O) groups is 3. The van der Waals surface area contributed by atoms with Gasteiger partial charge in [-0.3, -0.25) is 4.79 Å². The third kappa shape index (κ3) is 4.50. The van der Waals surface area contributed by atoms with Crippen molar-refractivity contribution in [2.75, 3.05) is 13.6 Å². The van der Waals surface area contributed by atoms with Crippen molar-refractivity contribution in [1.29, 1.82) is 0 Å². The Bertz CT molecular complexity index is 427. The highest BCUT2D eigenvalue weighted by molar-refractivity contribution is 5.90. The van der Waals surface area contributed by atoms with Crippen LogP contribution in [0, 0.1) is 0 Å². The number of urea groups is 1. The molecule has 0 aliphatic carbocycles. The molecule has 0 heterocycles. The van der Waals surface area contributed by atoms with Crippen LogP contribution in [0.2, 0.25) is 0 Å². The van der Waals surface area contributed by atoms with Crippen molar-refractivity contribution in [2.24, 2.45) is 0 Å². The molecule has 0 saturated carbocycles. The van der Waals surface area contributed by atoms with Gasteiger partial charge >= 0.3 is 18.2 Å². The van der Waals surface area contributed by atoms with Gasteiger partial charge in [0, 0.05) is 13.6 Å². The molecule has 0 aromatic carbocycles. The molecule has 0 aromatic rings. The average molecular weight is 313 g/mol. The zero-order valence-corrected chi connectivity index (χ0v) is 12.0. The lowest BCUT2D eigenvalue weighted by Crippen LogP contribution is -2.64. The number of hydrogen-bond acceptors (Lipinski definition) is 3. The van der Waals surface area contributed by atoms with Gasteiger partial charge in [0.15, 0.2) is 0 Å². The molecule has 0 bridgehead atoms. The van der Waals surface area contributed by atoms with Gasteiger partial charge in [0.2, 0.25) is 11.4 Å². The summed E-state index contributed by atoms with van der Waals surface area (Å²) in [6.45, 7) is 3.62. The second-order valence-electron chi connectivity index (χ2n) is 4.60. The third-order valence-electron chi connectivity index (χ3n) is 2.93. The van der Waals surface area contributed by atoms with Crippen LogP contribution in [0.3, 0.4) is 0 Å². The second kappa shape index (κ2) is 6.64. The minimum atomic E-state index is -5.19. The highest BCUT2D eigenvalue weighted by Crippen LogP contribution is 2.30. The van der Waals surface area contributed by atoms with Gasteiger partial charge in [-0.05, 0) is 20.8 Å². The molecule has 0 aliphatic rings. The Hall–Kier alpha value is -2.00. The standard InChI is InChI=1S/C11H18F3N3O4/c1-5-17(4)7(18)6(2)15-9(21)16-10(3,8(19)20)11(12,13)14/h6H,5H2,1-4H3,(H,19,20)(H2,15,16,21). The zero-order chi connectivity index (χ0) is 17.0. The van der Waals surface area contributed by atoms with Crippen LogP contribution >= 0.6 is 0 Å². The maximum absolute atomic E-state index is 12.7. The number of halogens is 3. The predicted molar refractivity (Wildman–Crippen MR) is 66.5 cm³/mol. The molecule has 0 aliphatic heterocycles. The van der Waals surface area contributed by atoms with Crippen LogP contribution < -0.4 is 10.6 Å². The maximum Gasteiger partial charge on any atom is 0.422 e. The Labute approximate surface area is 119 Å². The minimum Gasteiger partial charge on any atom is -0.479 e. The van der Waals surface area contributed by atoms with E-state index >= 15 is 0 Å². The molecule has 3 N–H and O–H groups in total. The SMILES string of the molecule is CCN(C)C(=O)C(C)NC(=O)NC(C)(C(=O)O)C(F)(F)F. The van der Waals surface area contributed by atoms with Crippen LogP contribution in [-0.2, 0) is 9.59 Å². The van der Waals surface area contributed by atoms with E-state index in [0.29, 0.717) is 13.5 Å². The second-order valence-corrected chi connectivity index (χ2v) is 4.60. The van der Waals surface area contributed by atoms with E-state index in [9.17, 15) is 27.6 Å². The van der Waals surface area contributed by atoms with Gasteiger partial charge in [-0.25, -0.2) is 9.59 Å². The molecule has 0 fully saturated rings. The van der Waals surface area contributed by atoms with Crippen LogP contribution in [0.15, 0.2) is 0 Å². The summed E-state index contributed by atoms with van der Waals surface area (Å²) in [5.74, 6) is -2.77. The van der Waals surface area contributed by atoms with E-state index in [1.54, 1.807) is 6.92 Å². The molecule has 2 unspecified atom stereocenters. The summed E-state index contributed by atoms with van der Waals surface area (Å²) in [5.41, 5.74) is -3.45. The molecule has 7 nitrogen and oxygen atoms in total. The largest absolute Gasteiger partial charge is 0.479 e. The molecule has 21 heavy (non-hydrogen) atoms. The zero-order valence-electron chi connectivity index (χ0n) is 12.0. The summed E-state index contributed by atoms with van der Waals surface area (Å²) < 4.78 is 38.1. The van der Waals surface area contributed by atoms with Crippen molar-refractivity contribution in [1.82, 2.24) is 15.5 Å². The van der Waals surface area contributed by atoms with Gasteiger partial charge in [0.1, 0.15) is 6.04 Å². The fraction of sp³-hybridized carbons (Fsp3) is 0.727. The van der Waals surface area contributed by atoms with Crippen LogP contribution in [0.1, 0.15) is 20.8 Å². The topological polar surface area (TPSA) is 98.7 Å². The molecular weight excluding hydrogens is 295 g/mol. The average Bonchev–Trinajstić information content (AvgIpc) is 2.34. The Kier molecular flexibility index (Phi) is 6.00. The number of hydrogen-bond donors (Lipinski definition) is 3. The van der Waals surface area contributed by atoms with Crippen molar-refractivity contribution in [3.05, 3.63) is 0 Å². The summed E-state index contributed by atoms with van der Waals surface area (Å²) in [5, 5.41) is 12.0. The number of carboxylic acid groups (broad SMARTS) is 1. The van der Waals surface area contributed by atoms with Crippen molar-refractivity contribution in [2.45, 2.75) is 38.5 Å². The molecule has 0 spiro atoms. The van der Waals surface area contributed by atoms with Gasteiger partial charge in [-0.1, -0.05) is 0 Å².